The highest BCUT2D eigenvalue weighted by molar-refractivity contribution is 5.88. The van der Waals surface area contributed by atoms with Gasteiger partial charge in [-0.3, -0.25) is 19.6 Å². The number of carbonyl (C=O) groups is 1. The van der Waals surface area contributed by atoms with E-state index in [1.807, 2.05) is 18.2 Å². The van der Waals surface area contributed by atoms with Crippen LogP contribution in [0.3, 0.4) is 0 Å². The van der Waals surface area contributed by atoms with Crippen LogP contribution in [-0.2, 0) is 11.2 Å². The lowest BCUT2D eigenvalue weighted by Gasteiger charge is -2.16. The Labute approximate surface area is 188 Å². The Morgan fingerprint density at radius 3 is 2.52 bits per heavy atom. The van der Waals surface area contributed by atoms with Gasteiger partial charge < -0.3 is 10.3 Å². The van der Waals surface area contributed by atoms with Gasteiger partial charge in [-0.15, -0.1) is 0 Å². The summed E-state index contributed by atoms with van der Waals surface area (Å²) in [5, 5.41) is 2.74. The maximum Gasteiger partial charge on any atom is 0.327 e. The highest BCUT2D eigenvalue weighted by Crippen LogP contribution is 2.30. The predicted octanol–water partition coefficient (Wildman–Crippen LogP) is 3.58. The first-order chi connectivity index (χ1) is 15.9. The van der Waals surface area contributed by atoms with Gasteiger partial charge in [-0.1, -0.05) is 36.8 Å². The predicted molar refractivity (Wildman–Crippen MR) is 124 cm³/mol. The topological polar surface area (TPSA) is 123 Å². The van der Waals surface area contributed by atoms with Gasteiger partial charge in [0.05, 0.1) is 0 Å². The molecule has 2 aromatic heterocycles. The number of anilines is 1. The largest absolute Gasteiger partial charge is 0.336 e. The molecule has 0 saturated carbocycles. The van der Waals surface area contributed by atoms with E-state index in [-0.39, 0.29) is 28.8 Å². The normalized spacial score (nSPS) is 12.1. The van der Waals surface area contributed by atoms with E-state index in [0.717, 1.165) is 18.4 Å². The highest BCUT2D eigenvalue weighted by Gasteiger charge is 2.20. The number of unbranched alkanes of at least 4 members (excludes halogenated alkanes) is 1. The Morgan fingerprint density at radius 2 is 1.79 bits per heavy atom. The summed E-state index contributed by atoms with van der Waals surface area (Å²) < 4.78 is 13.9. The molecule has 2 heterocycles. The molecule has 0 fully saturated rings. The van der Waals surface area contributed by atoms with Crippen LogP contribution in [0.1, 0.15) is 49.1 Å². The average Bonchev–Trinajstić information content (AvgIpc) is 3.19. The lowest BCUT2D eigenvalue weighted by molar-refractivity contribution is -0.114. The fourth-order valence-electron chi connectivity index (χ4n) is 3.94. The molecule has 0 aliphatic heterocycles. The summed E-state index contributed by atoms with van der Waals surface area (Å²) in [6, 6.07) is 14.1. The molecule has 0 aliphatic rings. The Hall–Kier alpha value is -4.01. The number of amides is 1. The first-order valence-electron chi connectivity index (χ1n) is 10.7. The summed E-state index contributed by atoms with van der Waals surface area (Å²) in [5.74, 6) is -0.00111. The summed E-state index contributed by atoms with van der Waals surface area (Å²) in [7, 11) is 0. The minimum atomic E-state index is -0.619. The Bertz CT molecular complexity index is 1390. The Morgan fingerprint density at radius 1 is 1.03 bits per heavy atom. The van der Waals surface area contributed by atoms with Crippen molar-refractivity contribution in [2.24, 2.45) is 0 Å². The van der Waals surface area contributed by atoms with Gasteiger partial charge in [0.25, 0.3) is 5.56 Å². The zero-order valence-electron chi connectivity index (χ0n) is 18.1. The van der Waals surface area contributed by atoms with Crippen molar-refractivity contribution in [1.29, 1.82) is 0 Å². The first kappa shape index (κ1) is 22.2. The fourth-order valence-corrected chi connectivity index (χ4v) is 3.94. The monoisotopic (exact) mass is 449 g/mol. The molecule has 170 valence electrons. The van der Waals surface area contributed by atoms with Crippen LogP contribution in [0, 0.1) is 5.82 Å². The van der Waals surface area contributed by atoms with Crippen molar-refractivity contribution in [3.8, 4) is 0 Å². The summed E-state index contributed by atoms with van der Waals surface area (Å²) in [6.45, 7) is 1.44. The molecule has 0 spiro atoms. The van der Waals surface area contributed by atoms with Gasteiger partial charge in [-0.25, -0.2) is 14.2 Å². The third-order valence-corrected chi connectivity index (χ3v) is 5.52. The van der Waals surface area contributed by atoms with Gasteiger partial charge in [0.1, 0.15) is 17.2 Å². The Balaban J connectivity index is 1.58. The number of hydrogen-bond acceptors (Lipinski definition) is 4. The van der Waals surface area contributed by atoms with Gasteiger partial charge in [-0.2, -0.15) is 0 Å². The van der Waals surface area contributed by atoms with Crippen LogP contribution in [0.5, 0.6) is 0 Å². The molecule has 0 saturated heterocycles. The number of halogens is 1. The lowest BCUT2D eigenvalue weighted by atomic mass is 9.91. The smallest absolute Gasteiger partial charge is 0.327 e. The third kappa shape index (κ3) is 5.25. The number of rotatable bonds is 8. The standard InChI is InChI=1S/C24H24FN5O3/c1-14(31)26-17-12-10-15(11-13-17)18(8-4-2-6-16-7-3-5-9-19(16)25)21-27-20-22(28-21)29-24(33)30-23(20)32/h3,5,7,9-13,18H,2,4,6,8H2,1H3,(H,26,31)(H3,27,28,29,30,32,33). The van der Waals surface area contributed by atoms with Crippen LogP contribution in [0.4, 0.5) is 10.1 Å². The van der Waals surface area contributed by atoms with E-state index in [1.54, 1.807) is 24.3 Å². The van der Waals surface area contributed by atoms with Crippen LogP contribution >= 0.6 is 0 Å². The molecule has 1 atom stereocenters. The Kier molecular flexibility index (Phi) is 6.48. The van der Waals surface area contributed by atoms with Crippen molar-refractivity contribution in [3.05, 3.63) is 92.1 Å². The van der Waals surface area contributed by atoms with E-state index in [4.69, 9.17) is 0 Å². The van der Waals surface area contributed by atoms with Crippen molar-refractivity contribution in [3.63, 3.8) is 0 Å². The number of aromatic amines is 3. The van der Waals surface area contributed by atoms with Crippen LogP contribution in [0.25, 0.3) is 11.2 Å². The van der Waals surface area contributed by atoms with Gasteiger partial charge in [0.2, 0.25) is 5.91 Å². The van der Waals surface area contributed by atoms with Crippen molar-refractivity contribution < 1.29 is 9.18 Å². The summed E-state index contributed by atoms with van der Waals surface area (Å²) >= 11 is 0. The van der Waals surface area contributed by atoms with Gasteiger partial charge in [-0.05, 0) is 48.6 Å². The number of aromatic nitrogens is 4. The number of aryl methyl sites for hydroxylation is 1. The van der Waals surface area contributed by atoms with Crippen molar-refractivity contribution >= 4 is 22.8 Å². The van der Waals surface area contributed by atoms with Gasteiger partial charge in [0.15, 0.2) is 5.65 Å². The second kappa shape index (κ2) is 9.64. The zero-order chi connectivity index (χ0) is 23.4. The molecule has 4 aromatic rings. The number of benzene rings is 2. The highest BCUT2D eigenvalue weighted by atomic mass is 19.1. The lowest BCUT2D eigenvalue weighted by Crippen LogP contribution is -2.21. The molecule has 0 aliphatic carbocycles. The molecule has 4 N–H and O–H groups in total. The average molecular weight is 449 g/mol. The van der Waals surface area contributed by atoms with Crippen molar-refractivity contribution in [2.75, 3.05) is 5.32 Å². The number of nitrogens with zero attached hydrogens (tertiary/aromatic N) is 1. The molecule has 0 bridgehead atoms. The molecule has 2 aromatic carbocycles. The third-order valence-electron chi connectivity index (χ3n) is 5.52. The SMILES string of the molecule is CC(=O)Nc1ccc(C(CCCCc2ccccc2F)c2nc3[nH]c(=O)[nH]c(=O)c3[nH]2)cc1. The van der Waals surface area contributed by atoms with E-state index in [9.17, 15) is 18.8 Å². The van der Waals surface area contributed by atoms with E-state index in [2.05, 4.69) is 25.3 Å². The second-order valence-corrected chi connectivity index (χ2v) is 7.95. The molecule has 1 amide bonds. The maximum atomic E-state index is 13.9. The molecule has 0 radical (unpaired) electrons. The maximum absolute atomic E-state index is 13.9. The number of nitrogens with one attached hydrogen (secondary N) is 4. The van der Waals surface area contributed by atoms with Crippen LogP contribution in [0.2, 0.25) is 0 Å². The molecule has 33 heavy (non-hydrogen) atoms. The number of hydrogen-bond donors (Lipinski definition) is 4. The van der Waals surface area contributed by atoms with E-state index in [0.29, 0.717) is 29.9 Å². The van der Waals surface area contributed by atoms with Gasteiger partial charge in [0, 0.05) is 18.5 Å². The van der Waals surface area contributed by atoms with E-state index in [1.165, 1.54) is 13.0 Å². The van der Waals surface area contributed by atoms with Crippen molar-refractivity contribution in [1.82, 2.24) is 19.9 Å². The van der Waals surface area contributed by atoms with E-state index < -0.39 is 11.2 Å². The first-order valence-corrected chi connectivity index (χ1v) is 10.7. The number of fused-ring (bicyclic) bond motifs is 1. The zero-order valence-corrected chi connectivity index (χ0v) is 18.1. The minimum absolute atomic E-state index is 0.159. The molecular weight excluding hydrogens is 425 g/mol. The van der Waals surface area contributed by atoms with Crippen molar-refractivity contribution in [2.45, 2.75) is 38.5 Å². The second-order valence-electron chi connectivity index (χ2n) is 7.95. The molecule has 9 heteroatoms. The van der Waals surface area contributed by atoms with Gasteiger partial charge >= 0.3 is 5.69 Å². The fraction of sp³-hybridized carbons (Fsp3) is 0.250. The molecule has 8 nitrogen and oxygen atoms in total. The van der Waals surface area contributed by atoms with Crippen LogP contribution < -0.4 is 16.6 Å². The number of imidazole rings is 1. The minimum Gasteiger partial charge on any atom is -0.336 e. The van der Waals surface area contributed by atoms with E-state index >= 15 is 0 Å². The summed E-state index contributed by atoms with van der Waals surface area (Å²) in [4.78, 5) is 47.3. The summed E-state index contributed by atoms with van der Waals surface area (Å²) in [6.07, 6.45) is 2.87. The summed E-state index contributed by atoms with van der Waals surface area (Å²) in [5.41, 5.74) is 1.54. The molecule has 1 unspecified atom stereocenters. The van der Waals surface area contributed by atoms with Crippen LogP contribution in [0.15, 0.2) is 58.1 Å². The number of H-pyrrole nitrogens is 3. The molecule has 4 rings (SSSR count). The van der Waals surface area contributed by atoms with Crippen LogP contribution in [-0.4, -0.2) is 25.8 Å². The number of carbonyl (C=O) groups excluding carboxylic acids is 1. The molecular formula is C24H24FN5O3. The quantitative estimate of drug-likeness (QED) is 0.307.